The number of alkyl halides is 4. The summed E-state index contributed by atoms with van der Waals surface area (Å²) in [6, 6.07) is 1.58. The molecule has 0 saturated heterocycles. The SMILES string of the molecule is Nc1cc([N+](=O)[O-])cc(OCC(F)(F)C(F)F)n1. The number of ether oxygens (including phenoxy) is 1. The molecule has 100 valence electrons. The number of rotatable bonds is 5. The minimum Gasteiger partial charge on any atom is -0.471 e. The van der Waals surface area contributed by atoms with Crippen molar-refractivity contribution in [3.05, 3.63) is 22.2 Å². The van der Waals surface area contributed by atoms with Gasteiger partial charge < -0.3 is 10.5 Å². The standard InChI is InChI=1S/C8H7F4N3O3/c9-7(10)8(11,12)3-18-6-2-4(15(16)17)1-5(13)14-6/h1-2,7H,3H2,(H2,13,14). The molecule has 0 aliphatic carbocycles. The normalized spacial score (nSPS) is 11.6. The second-order valence-electron chi connectivity index (χ2n) is 3.20. The fraction of sp³-hybridized carbons (Fsp3) is 0.375. The van der Waals surface area contributed by atoms with Crippen LogP contribution in [0.1, 0.15) is 0 Å². The van der Waals surface area contributed by atoms with Gasteiger partial charge in [-0.2, -0.15) is 13.8 Å². The maximum Gasteiger partial charge on any atom is 0.340 e. The first-order valence-electron chi connectivity index (χ1n) is 4.43. The Morgan fingerprint density at radius 1 is 1.50 bits per heavy atom. The van der Waals surface area contributed by atoms with Gasteiger partial charge in [-0.1, -0.05) is 0 Å². The van der Waals surface area contributed by atoms with Crippen LogP contribution in [0, 0.1) is 10.1 Å². The summed E-state index contributed by atoms with van der Waals surface area (Å²) in [5, 5.41) is 10.4. The van der Waals surface area contributed by atoms with Crippen LogP contribution in [0.4, 0.5) is 29.1 Å². The molecule has 0 aliphatic heterocycles. The van der Waals surface area contributed by atoms with Gasteiger partial charge in [-0.3, -0.25) is 10.1 Å². The fourth-order valence-corrected chi connectivity index (χ4v) is 0.924. The molecule has 0 bridgehead atoms. The van der Waals surface area contributed by atoms with E-state index in [4.69, 9.17) is 5.73 Å². The van der Waals surface area contributed by atoms with Gasteiger partial charge in [0.15, 0.2) is 6.61 Å². The molecule has 0 fully saturated rings. The van der Waals surface area contributed by atoms with Crippen molar-refractivity contribution < 1.29 is 27.2 Å². The maximum atomic E-state index is 12.5. The Kier molecular flexibility index (Phi) is 3.89. The number of pyridine rings is 1. The third-order valence-electron chi connectivity index (χ3n) is 1.75. The average molecular weight is 269 g/mol. The smallest absolute Gasteiger partial charge is 0.340 e. The van der Waals surface area contributed by atoms with Gasteiger partial charge in [0.05, 0.1) is 17.1 Å². The molecule has 0 aromatic carbocycles. The van der Waals surface area contributed by atoms with Crippen molar-refractivity contribution in [2.45, 2.75) is 12.3 Å². The van der Waals surface area contributed by atoms with E-state index in [1.165, 1.54) is 0 Å². The number of anilines is 1. The van der Waals surface area contributed by atoms with Crippen LogP contribution in [0.15, 0.2) is 12.1 Å². The first kappa shape index (κ1) is 13.9. The molecule has 0 amide bonds. The third kappa shape index (κ3) is 3.43. The molecule has 1 aromatic heterocycles. The number of hydrogen-bond donors (Lipinski definition) is 1. The van der Waals surface area contributed by atoms with E-state index < -0.39 is 35.4 Å². The summed E-state index contributed by atoms with van der Waals surface area (Å²) in [4.78, 5) is 12.9. The topological polar surface area (TPSA) is 91.3 Å². The maximum absolute atomic E-state index is 12.5. The zero-order valence-corrected chi connectivity index (χ0v) is 8.65. The Morgan fingerprint density at radius 2 is 2.11 bits per heavy atom. The van der Waals surface area contributed by atoms with Gasteiger partial charge in [-0.25, -0.2) is 8.78 Å². The molecular weight excluding hydrogens is 262 g/mol. The monoisotopic (exact) mass is 269 g/mol. The molecule has 0 saturated carbocycles. The molecule has 6 nitrogen and oxygen atoms in total. The minimum absolute atomic E-state index is 0.348. The largest absolute Gasteiger partial charge is 0.471 e. The molecule has 18 heavy (non-hydrogen) atoms. The van der Waals surface area contributed by atoms with Crippen molar-refractivity contribution in [2.24, 2.45) is 0 Å². The molecule has 1 heterocycles. The zero-order valence-electron chi connectivity index (χ0n) is 8.65. The van der Waals surface area contributed by atoms with Gasteiger partial charge in [-0.05, 0) is 0 Å². The molecule has 0 atom stereocenters. The molecule has 2 N–H and O–H groups in total. The van der Waals surface area contributed by atoms with E-state index in [9.17, 15) is 27.7 Å². The highest BCUT2D eigenvalue weighted by atomic mass is 19.3. The van der Waals surface area contributed by atoms with Crippen molar-refractivity contribution in [1.29, 1.82) is 0 Å². The number of aromatic nitrogens is 1. The molecule has 10 heteroatoms. The van der Waals surface area contributed by atoms with Crippen LogP contribution in [0.3, 0.4) is 0 Å². The van der Waals surface area contributed by atoms with Gasteiger partial charge >= 0.3 is 12.3 Å². The van der Waals surface area contributed by atoms with Gasteiger partial charge in [-0.15, -0.1) is 0 Å². The van der Waals surface area contributed by atoms with Gasteiger partial charge in [0, 0.05) is 0 Å². The van der Waals surface area contributed by atoms with Crippen LogP contribution in [0.2, 0.25) is 0 Å². The third-order valence-corrected chi connectivity index (χ3v) is 1.75. The number of nitrogens with two attached hydrogens (primary N) is 1. The van der Waals surface area contributed by atoms with Crippen molar-refractivity contribution in [3.63, 3.8) is 0 Å². The van der Waals surface area contributed by atoms with Crippen LogP contribution in [-0.4, -0.2) is 28.9 Å². The number of nitrogens with zero attached hydrogens (tertiary/aromatic N) is 2. The molecule has 0 aliphatic rings. The van der Waals surface area contributed by atoms with Gasteiger partial charge in [0.1, 0.15) is 5.82 Å². The lowest BCUT2D eigenvalue weighted by atomic mass is 10.3. The molecular formula is C8H7F4N3O3. The number of hydrogen-bond acceptors (Lipinski definition) is 5. The summed E-state index contributed by atoms with van der Waals surface area (Å²) < 4.78 is 53.0. The fourth-order valence-electron chi connectivity index (χ4n) is 0.924. The Labute approximate surface area is 97.5 Å². The summed E-state index contributed by atoms with van der Waals surface area (Å²) in [6.45, 7) is -1.65. The Bertz CT molecular complexity index is 455. The predicted molar refractivity (Wildman–Crippen MR) is 51.7 cm³/mol. The number of nitro groups is 1. The Hall–Kier alpha value is -2.13. The highest BCUT2D eigenvalue weighted by molar-refractivity contribution is 5.45. The summed E-state index contributed by atoms with van der Waals surface area (Å²) in [5.41, 5.74) is 4.62. The van der Waals surface area contributed by atoms with E-state index in [-0.39, 0.29) is 5.82 Å². The van der Waals surface area contributed by atoms with Crippen LogP contribution in [0.5, 0.6) is 5.88 Å². The summed E-state index contributed by atoms with van der Waals surface area (Å²) in [5.74, 6) is -5.34. The lowest BCUT2D eigenvalue weighted by molar-refractivity contribution is -0.384. The Balaban J connectivity index is 2.83. The molecule has 1 aromatic rings. The van der Waals surface area contributed by atoms with E-state index in [2.05, 4.69) is 9.72 Å². The van der Waals surface area contributed by atoms with E-state index in [0.717, 1.165) is 6.07 Å². The lowest BCUT2D eigenvalue weighted by Crippen LogP contribution is -2.33. The second kappa shape index (κ2) is 5.02. The lowest BCUT2D eigenvalue weighted by Gasteiger charge is -2.15. The van der Waals surface area contributed by atoms with Gasteiger partial charge in [0.25, 0.3) is 5.69 Å². The second-order valence-corrected chi connectivity index (χ2v) is 3.20. The molecule has 0 spiro atoms. The van der Waals surface area contributed by atoms with Crippen LogP contribution in [-0.2, 0) is 0 Å². The highest BCUT2D eigenvalue weighted by Gasteiger charge is 2.41. The first-order valence-corrected chi connectivity index (χ1v) is 4.43. The van der Waals surface area contributed by atoms with E-state index >= 15 is 0 Å². The molecule has 1 rings (SSSR count). The van der Waals surface area contributed by atoms with Crippen LogP contribution in [0.25, 0.3) is 0 Å². The van der Waals surface area contributed by atoms with E-state index in [1.54, 1.807) is 0 Å². The zero-order chi connectivity index (χ0) is 13.9. The Morgan fingerprint density at radius 3 is 2.61 bits per heavy atom. The van der Waals surface area contributed by atoms with Crippen molar-refractivity contribution in [1.82, 2.24) is 4.98 Å². The van der Waals surface area contributed by atoms with Crippen molar-refractivity contribution >= 4 is 11.5 Å². The quantitative estimate of drug-likeness (QED) is 0.500. The molecule has 0 radical (unpaired) electrons. The van der Waals surface area contributed by atoms with Crippen LogP contribution >= 0.6 is 0 Å². The number of halogens is 4. The van der Waals surface area contributed by atoms with Gasteiger partial charge in [0.2, 0.25) is 5.88 Å². The predicted octanol–water partition coefficient (Wildman–Crippen LogP) is 1.85. The van der Waals surface area contributed by atoms with Crippen molar-refractivity contribution in [3.8, 4) is 5.88 Å². The van der Waals surface area contributed by atoms with Crippen molar-refractivity contribution in [2.75, 3.05) is 12.3 Å². The number of nitrogen functional groups attached to an aromatic ring is 1. The van der Waals surface area contributed by atoms with E-state index in [0.29, 0.717) is 6.07 Å². The van der Waals surface area contributed by atoms with Crippen LogP contribution < -0.4 is 10.5 Å². The average Bonchev–Trinajstić information content (AvgIpc) is 2.25. The first-order chi connectivity index (χ1) is 8.22. The summed E-state index contributed by atoms with van der Waals surface area (Å²) in [7, 11) is 0. The minimum atomic E-state index is -4.37. The highest BCUT2D eigenvalue weighted by Crippen LogP contribution is 2.25. The van der Waals surface area contributed by atoms with E-state index in [1.807, 2.05) is 0 Å². The molecule has 0 unspecified atom stereocenters. The summed E-state index contributed by atoms with van der Waals surface area (Å²) >= 11 is 0. The summed E-state index contributed by atoms with van der Waals surface area (Å²) in [6.07, 6.45) is -3.91.